The molecule has 146 valence electrons. The molecule has 0 fully saturated rings. The third-order valence-corrected chi connectivity index (χ3v) is 4.42. The molecule has 0 aromatic heterocycles. The summed E-state index contributed by atoms with van der Waals surface area (Å²) in [4.78, 5) is 27.2. The molecule has 3 rings (SSSR count). The van der Waals surface area contributed by atoms with Gasteiger partial charge in [-0.05, 0) is 55.8 Å². The summed E-state index contributed by atoms with van der Waals surface area (Å²) in [6.45, 7) is 3.53. The van der Waals surface area contributed by atoms with E-state index >= 15 is 0 Å². The number of carbonyl (C=O) groups excluding carboxylic acids is 2. The highest BCUT2D eigenvalue weighted by molar-refractivity contribution is 6.36. The fraction of sp³-hybridized carbons (Fsp3) is 0.238. The van der Waals surface area contributed by atoms with Crippen molar-refractivity contribution in [1.29, 1.82) is 0 Å². The minimum Gasteiger partial charge on any atom is -0.493 e. The summed E-state index contributed by atoms with van der Waals surface area (Å²) in [5.41, 5.74) is 1.38. The second-order valence-corrected chi connectivity index (χ2v) is 6.53. The Hall–Kier alpha value is -3.35. The number of halogens is 1. The molecular formula is C21H21FN2O4. The molecule has 0 bridgehead atoms. The molecule has 0 saturated heterocycles. The molecule has 0 radical (unpaired) electrons. The monoisotopic (exact) mass is 384 g/mol. The Labute approximate surface area is 162 Å². The molecule has 0 unspecified atom stereocenters. The van der Waals surface area contributed by atoms with Crippen LogP contribution in [-0.4, -0.2) is 37.0 Å². The average molecular weight is 384 g/mol. The van der Waals surface area contributed by atoms with Gasteiger partial charge in [0.05, 0.1) is 19.8 Å². The van der Waals surface area contributed by atoms with Gasteiger partial charge in [0, 0.05) is 11.7 Å². The van der Waals surface area contributed by atoms with Crippen molar-refractivity contribution in [2.45, 2.75) is 19.9 Å². The third kappa shape index (κ3) is 3.43. The van der Waals surface area contributed by atoms with Crippen molar-refractivity contribution in [2.24, 2.45) is 0 Å². The number of imide groups is 1. The van der Waals surface area contributed by atoms with Gasteiger partial charge in [-0.15, -0.1) is 0 Å². The van der Waals surface area contributed by atoms with Crippen molar-refractivity contribution in [1.82, 2.24) is 4.90 Å². The summed E-state index contributed by atoms with van der Waals surface area (Å²) in [6.07, 6.45) is 0. The summed E-state index contributed by atoms with van der Waals surface area (Å²) >= 11 is 0. The summed E-state index contributed by atoms with van der Waals surface area (Å²) in [5.74, 6) is -0.280. The van der Waals surface area contributed by atoms with E-state index in [9.17, 15) is 14.0 Å². The number of hydrogen-bond donors (Lipinski definition) is 1. The van der Waals surface area contributed by atoms with Gasteiger partial charge in [0.1, 0.15) is 11.5 Å². The van der Waals surface area contributed by atoms with E-state index in [1.54, 1.807) is 32.0 Å². The quantitative estimate of drug-likeness (QED) is 0.773. The van der Waals surface area contributed by atoms with Gasteiger partial charge in [-0.3, -0.25) is 14.5 Å². The van der Waals surface area contributed by atoms with E-state index in [0.29, 0.717) is 22.7 Å². The predicted molar refractivity (Wildman–Crippen MR) is 103 cm³/mol. The fourth-order valence-electron chi connectivity index (χ4n) is 3.07. The van der Waals surface area contributed by atoms with Crippen LogP contribution in [0.3, 0.4) is 0 Å². The van der Waals surface area contributed by atoms with E-state index in [2.05, 4.69) is 5.32 Å². The number of nitrogens with zero attached hydrogens (tertiary/aromatic N) is 1. The number of carbonyl (C=O) groups is 2. The van der Waals surface area contributed by atoms with Crippen LogP contribution in [0.4, 0.5) is 10.1 Å². The first-order valence-electron chi connectivity index (χ1n) is 8.74. The maximum atomic E-state index is 13.2. The van der Waals surface area contributed by atoms with Gasteiger partial charge in [0.15, 0.2) is 11.5 Å². The van der Waals surface area contributed by atoms with Crippen molar-refractivity contribution >= 4 is 23.1 Å². The SMILES string of the molecule is COc1ccc(C2=C(Nc3ccc(F)cc3)C(=O)N(C(C)C)C2=O)cc1OC. The Bertz CT molecular complexity index is 951. The van der Waals surface area contributed by atoms with E-state index in [4.69, 9.17) is 9.47 Å². The van der Waals surface area contributed by atoms with Crippen LogP contribution < -0.4 is 14.8 Å². The van der Waals surface area contributed by atoms with E-state index in [1.807, 2.05) is 0 Å². The minimum atomic E-state index is -0.436. The maximum Gasteiger partial charge on any atom is 0.278 e. The second-order valence-electron chi connectivity index (χ2n) is 6.53. The third-order valence-electron chi connectivity index (χ3n) is 4.42. The molecule has 28 heavy (non-hydrogen) atoms. The molecule has 1 aliphatic rings. The molecule has 7 heteroatoms. The van der Waals surface area contributed by atoms with E-state index in [1.165, 1.54) is 43.4 Å². The number of nitrogens with one attached hydrogen (secondary N) is 1. The van der Waals surface area contributed by atoms with Crippen LogP contribution in [0.1, 0.15) is 19.4 Å². The molecule has 0 saturated carbocycles. The lowest BCUT2D eigenvalue weighted by atomic mass is 10.0. The topological polar surface area (TPSA) is 67.9 Å². The standard InChI is InChI=1S/C21H21FN2O4/c1-12(2)24-20(25)18(13-5-10-16(27-3)17(11-13)28-4)19(21(24)26)23-15-8-6-14(22)7-9-15/h5-12,23H,1-4H3. The van der Waals surface area contributed by atoms with Crippen molar-refractivity contribution in [3.63, 3.8) is 0 Å². The molecule has 1 heterocycles. The van der Waals surface area contributed by atoms with Gasteiger partial charge in [-0.25, -0.2) is 4.39 Å². The van der Waals surface area contributed by atoms with Crippen LogP contribution in [0.25, 0.3) is 5.57 Å². The summed E-state index contributed by atoms with van der Waals surface area (Å²) < 4.78 is 23.8. The number of amides is 2. The number of benzene rings is 2. The number of rotatable bonds is 6. The summed E-state index contributed by atoms with van der Waals surface area (Å²) in [7, 11) is 3.01. The van der Waals surface area contributed by atoms with Crippen LogP contribution in [0.2, 0.25) is 0 Å². The molecule has 0 atom stereocenters. The highest BCUT2D eigenvalue weighted by Gasteiger charge is 2.40. The molecule has 6 nitrogen and oxygen atoms in total. The smallest absolute Gasteiger partial charge is 0.278 e. The highest BCUT2D eigenvalue weighted by Crippen LogP contribution is 2.36. The normalized spacial score (nSPS) is 14.1. The van der Waals surface area contributed by atoms with E-state index < -0.39 is 17.6 Å². The molecular weight excluding hydrogens is 363 g/mol. The Kier molecular flexibility index (Phi) is 5.35. The Balaban J connectivity index is 2.12. The molecule has 1 N–H and O–H groups in total. The number of anilines is 1. The van der Waals surface area contributed by atoms with E-state index in [0.717, 1.165) is 0 Å². The van der Waals surface area contributed by atoms with Crippen LogP contribution >= 0.6 is 0 Å². The summed E-state index contributed by atoms with van der Waals surface area (Å²) in [5, 5.41) is 2.98. The Morgan fingerprint density at radius 1 is 0.929 bits per heavy atom. The lowest BCUT2D eigenvalue weighted by Crippen LogP contribution is -2.38. The molecule has 0 spiro atoms. The zero-order valence-corrected chi connectivity index (χ0v) is 16.1. The summed E-state index contributed by atoms with van der Waals surface area (Å²) in [6, 6.07) is 10.3. The van der Waals surface area contributed by atoms with Gasteiger partial charge in [-0.1, -0.05) is 6.07 Å². The number of methoxy groups -OCH3 is 2. The van der Waals surface area contributed by atoms with Crippen molar-refractivity contribution < 1.29 is 23.5 Å². The van der Waals surface area contributed by atoms with Crippen LogP contribution in [0.15, 0.2) is 48.2 Å². The second kappa shape index (κ2) is 7.72. The van der Waals surface area contributed by atoms with Crippen molar-refractivity contribution in [3.05, 3.63) is 59.5 Å². The minimum absolute atomic E-state index is 0.137. The maximum absolute atomic E-state index is 13.2. The molecule has 1 aliphatic heterocycles. The molecule has 2 aromatic carbocycles. The average Bonchev–Trinajstić information content (AvgIpc) is 2.92. The molecule has 2 aromatic rings. The van der Waals surface area contributed by atoms with Crippen LogP contribution in [0.5, 0.6) is 11.5 Å². The first-order valence-corrected chi connectivity index (χ1v) is 8.74. The Morgan fingerprint density at radius 3 is 2.14 bits per heavy atom. The predicted octanol–water partition coefficient (Wildman–Crippen LogP) is 3.44. The van der Waals surface area contributed by atoms with Gasteiger partial charge < -0.3 is 14.8 Å². The van der Waals surface area contributed by atoms with E-state index in [-0.39, 0.29) is 17.3 Å². The molecule has 0 aliphatic carbocycles. The molecule has 2 amide bonds. The lowest BCUT2D eigenvalue weighted by molar-refractivity contribution is -0.138. The Morgan fingerprint density at radius 2 is 1.57 bits per heavy atom. The van der Waals surface area contributed by atoms with Gasteiger partial charge in [0.25, 0.3) is 11.8 Å². The number of ether oxygens (including phenoxy) is 2. The van der Waals surface area contributed by atoms with Crippen molar-refractivity contribution in [2.75, 3.05) is 19.5 Å². The van der Waals surface area contributed by atoms with Crippen LogP contribution in [0, 0.1) is 5.82 Å². The lowest BCUT2D eigenvalue weighted by Gasteiger charge is -2.19. The van der Waals surface area contributed by atoms with Gasteiger partial charge in [0.2, 0.25) is 0 Å². The van der Waals surface area contributed by atoms with Gasteiger partial charge >= 0.3 is 0 Å². The first kappa shape index (κ1) is 19.4. The van der Waals surface area contributed by atoms with Gasteiger partial charge in [-0.2, -0.15) is 0 Å². The van der Waals surface area contributed by atoms with Crippen molar-refractivity contribution in [3.8, 4) is 11.5 Å². The zero-order valence-electron chi connectivity index (χ0n) is 16.1. The van der Waals surface area contributed by atoms with Crippen LogP contribution in [-0.2, 0) is 9.59 Å². The largest absolute Gasteiger partial charge is 0.493 e. The zero-order chi connectivity index (χ0) is 20.4. The number of hydrogen-bond acceptors (Lipinski definition) is 5. The fourth-order valence-corrected chi connectivity index (χ4v) is 3.07. The highest BCUT2D eigenvalue weighted by atomic mass is 19.1. The first-order chi connectivity index (χ1) is 13.4.